The number of carbonyl (C=O) groups is 1. The Balaban J connectivity index is 1.81. The van der Waals surface area contributed by atoms with E-state index < -0.39 is 10.0 Å². The molecule has 2 heterocycles. The van der Waals surface area contributed by atoms with Gasteiger partial charge >= 0.3 is 0 Å². The Kier molecular flexibility index (Phi) is 5.03. The maximum absolute atomic E-state index is 12.7. The number of benzene rings is 1. The number of aryl methyl sites for hydroxylation is 1. The van der Waals surface area contributed by atoms with Crippen molar-refractivity contribution in [2.75, 3.05) is 18.4 Å². The first kappa shape index (κ1) is 17.1. The third-order valence-electron chi connectivity index (χ3n) is 4.11. The van der Waals surface area contributed by atoms with Crippen molar-refractivity contribution in [3.8, 4) is 0 Å². The fourth-order valence-corrected chi connectivity index (χ4v) is 5.17. The summed E-state index contributed by atoms with van der Waals surface area (Å²) in [5, 5.41) is 4.65. The lowest BCUT2D eigenvalue weighted by Gasteiger charge is -2.26. The minimum atomic E-state index is -3.50. The average Bonchev–Trinajstić information content (AvgIpc) is 3.02. The molecule has 128 valence electrons. The van der Waals surface area contributed by atoms with Gasteiger partial charge in [0.15, 0.2) is 0 Å². The van der Waals surface area contributed by atoms with Crippen molar-refractivity contribution in [1.29, 1.82) is 0 Å². The zero-order chi connectivity index (χ0) is 17.2. The molecule has 0 saturated carbocycles. The minimum Gasteiger partial charge on any atom is -0.321 e. The number of thiophene rings is 1. The SMILES string of the molecule is Cc1ccsc1C(=O)Nc1cccc(S(=O)(=O)N2CCCCC2)c1. The number of carbonyl (C=O) groups excluding carboxylic acids is 1. The molecule has 1 aromatic carbocycles. The van der Waals surface area contributed by atoms with Crippen LogP contribution in [0, 0.1) is 6.92 Å². The third kappa shape index (κ3) is 3.53. The summed E-state index contributed by atoms with van der Waals surface area (Å²) in [5.74, 6) is -0.213. The molecule has 0 bridgehead atoms. The smallest absolute Gasteiger partial charge is 0.265 e. The molecule has 3 rings (SSSR count). The second-order valence-corrected chi connectivity index (χ2v) is 8.73. The van der Waals surface area contributed by atoms with Crippen LogP contribution in [0.1, 0.15) is 34.5 Å². The van der Waals surface area contributed by atoms with Gasteiger partial charge in [-0.25, -0.2) is 8.42 Å². The number of hydrogen-bond acceptors (Lipinski definition) is 4. The average molecular weight is 364 g/mol. The first-order chi connectivity index (χ1) is 11.5. The molecule has 5 nitrogen and oxygen atoms in total. The molecule has 1 fully saturated rings. The highest BCUT2D eigenvalue weighted by atomic mass is 32.2. The van der Waals surface area contributed by atoms with Crippen molar-refractivity contribution >= 4 is 33.0 Å². The Bertz CT molecular complexity index is 837. The molecule has 1 N–H and O–H groups in total. The number of amides is 1. The van der Waals surface area contributed by atoms with E-state index in [-0.39, 0.29) is 10.8 Å². The monoisotopic (exact) mass is 364 g/mol. The molecule has 1 aliphatic rings. The molecule has 0 aliphatic carbocycles. The molecular weight excluding hydrogens is 344 g/mol. The Morgan fingerprint density at radius 1 is 1.17 bits per heavy atom. The first-order valence-electron chi connectivity index (χ1n) is 7.94. The van der Waals surface area contributed by atoms with Crippen LogP contribution in [0.3, 0.4) is 0 Å². The van der Waals surface area contributed by atoms with Crippen LogP contribution < -0.4 is 5.32 Å². The van der Waals surface area contributed by atoms with Crippen LogP contribution in [0.5, 0.6) is 0 Å². The fourth-order valence-electron chi connectivity index (χ4n) is 2.78. The Morgan fingerprint density at radius 2 is 1.92 bits per heavy atom. The Morgan fingerprint density at radius 3 is 2.58 bits per heavy atom. The van der Waals surface area contributed by atoms with Crippen LogP contribution in [0.2, 0.25) is 0 Å². The maximum atomic E-state index is 12.7. The first-order valence-corrected chi connectivity index (χ1v) is 10.3. The van der Waals surface area contributed by atoms with E-state index >= 15 is 0 Å². The van der Waals surface area contributed by atoms with Gasteiger partial charge in [0.25, 0.3) is 5.91 Å². The summed E-state index contributed by atoms with van der Waals surface area (Å²) in [4.78, 5) is 13.2. The van der Waals surface area contributed by atoms with Crippen LogP contribution in [0.4, 0.5) is 5.69 Å². The van der Waals surface area contributed by atoms with E-state index in [1.165, 1.54) is 21.7 Å². The summed E-state index contributed by atoms with van der Waals surface area (Å²) in [7, 11) is -3.50. The van der Waals surface area contributed by atoms with Gasteiger partial charge in [0.1, 0.15) is 0 Å². The van der Waals surface area contributed by atoms with Gasteiger partial charge in [-0.05, 0) is 55.0 Å². The lowest BCUT2D eigenvalue weighted by Crippen LogP contribution is -2.35. The number of piperidine rings is 1. The van der Waals surface area contributed by atoms with Crippen molar-refractivity contribution in [2.24, 2.45) is 0 Å². The van der Waals surface area contributed by atoms with Gasteiger partial charge in [0.05, 0.1) is 9.77 Å². The molecule has 1 saturated heterocycles. The van der Waals surface area contributed by atoms with E-state index in [1.54, 1.807) is 18.2 Å². The van der Waals surface area contributed by atoms with Crippen LogP contribution >= 0.6 is 11.3 Å². The van der Waals surface area contributed by atoms with Crippen LogP contribution in [0.15, 0.2) is 40.6 Å². The highest BCUT2D eigenvalue weighted by Crippen LogP contribution is 2.24. The number of anilines is 1. The van der Waals surface area contributed by atoms with Crippen LogP contribution in [-0.2, 0) is 10.0 Å². The summed E-state index contributed by atoms with van der Waals surface area (Å²) in [5.41, 5.74) is 1.40. The second-order valence-electron chi connectivity index (χ2n) is 5.88. The molecule has 1 aromatic heterocycles. The molecule has 2 aromatic rings. The molecule has 1 amide bonds. The van der Waals surface area contributed by atoms with E-state index in [0.717, 1.165) is 24.8 Å². The normalized spacial score (nSPS) is 16.0. The summed E-state index contributed by atoms with van der Waals surface area (Å²) >= 11 is 1.37. The van der Waals surface area contributed by atoms with E-state index in [9.17, 15) is 13.2 Å². The van der Waals surface area contributed by atoms with Gasteiger partial charge in [-0.2, -0.15) is 4.31 Å². The van der Waals surface area contributed by atoms with Crippen LogP contribution in [-0.4, -0.2) is 31.7 Å². The summed E-state index contributed by atoms with van der Waals surface area (Å²) in [6, 6.07) is 8.36. The third-order valence-corrected chi connectivity index (χ3v) is 7.02. The van der Waals surface area contributed by atoms with Gasteiger partial charge in [-0.15, -0.1) is 11.3 Å². The van der Waals surface area contributed by atoms with Crippen molar-refractivity contribution < 1.29 is 13.2 Å². The van der Waals surface area contributed by atoms with E-state index in [2.05, 4.69) is 5.32 Å². The molecule has 0 spiro atoms. The maximum Gasteiger partial charge on any atom is 0.265 e. The highest BCUT2D eigenvalue weighted by Gasteiger charge is 2.26. The van der Waals surface area contributed by atoms with E-state index in [1.807, 2.05) is 18.4 Å². The van der Waals surface area contributed by atoms with Crippen molar-refractivity contribution in [2.45, 2.75) is 31.1 Å². The summed E-state index contributed by atoms with van der Waals surface area (Å²) in [6.07, 6.45) is 2.86. The summed E-state index contributed by atoms with van der Waals surface area (Å²) < 4.78 is 27.0. The number of nitrogens with one attached hydrogen (secondary N) is 1. The molecule has 24 heavy (non-hydrogen) atoms. The zero-order valence-electron chi connectivity index (χ0n) is 13.5. The number of nitrogens with zero attached hydrogens (tertiary/aromatic N) is 1. The van der Waals surface area contributed by atoms with Crippen molar-refractivity contribution in [3.63, 3.8) is 0 Å². The predicted molar refractivity (Wildman–Crippen MR) is 96.1 cm³/mol. The van der Waals surface area contributed by atoms with Gasteiger partial charge < -0.3 is 5.32 Å². The topological polar surface area (TPSA) is 66.5 Å². The minimum absolute atomic E-state index is 0.213. The molecule has 0 atom stereocenters. The standard InChI is InChI=1S/C17H20N2O3S2/c1-13-8-11-23-16(13)17(20)18-14-6-5-7-15(12-14)24(21,22)19-9-3-2-4-10-19/h5-8,11-12H,2-4,9-10H2,1H3,(H,18,20). The largest absolute Gasteiger partial charge is 0.321 e. The van der Waals surface area contributed by atoms with Gasteiger partial charge in [0.2, 0.25) is 10.0 Å². The highest BCUT2D eigenvalue weighted by molar-refractivity contribution is 7.89. The fraction of sp³-hybridized carbons (Fsp3) is 0.353. The van der Waals surface area contributed by atoms with Gasteiger partial charge in [-0.1, -0.05) is 12.5 Å². The summed E-state index contributed by atoms with van der Waals surface area (Å²) in [6.45, 7) is 3.00. The lowest BCUT2D eigenvalue weighted by molar-refractivity contribution is 0.103. The Labute approximate surface area is 146 Å². The van der Waals surface area contributed by atoms with E-state index in [4.69, 9.17) is 0 Å². The molecule has 1 aliphatic heterocycles. The van der Waals surface area contributed by atoms with Gasteiger partial charge in [0, 0.05) is 18.8 Å². The second kappa shape index (κ2) is 7.04. The molecule has 0 unspecified atom stereocenters. The van der Waals surface area contributed by atoms with Crippen molar-refractivity contribution in [3.05, 3.63) is 46.2 Å². The zero-order valence-corrected chi connectivity index (χ0v) is 15.1. The van der Waals surface area contributed by atoms with Gasteiger partial charge in [-0.3, -0.25) is 4.79 Å². The lowest BCUT2D eigenvalue weighted by atomic mass is 10.2. The number of rotatable bonds is 4. The molecular formula is C17H20N2O3S2. The number of hydrogen-bond donors (Lipinski definition) is 1. The number of sulfonamides is 1. The molecule has 7 heteroatoms. The predicted octanol–water partition coefficient (Wildman–Crippen LogP) is 3.48. The Hall–Kier alpha value is -1.70. The van der Waals surface area contributed by atoms with Crippen LogP contribution in [0.25, 0.3) is 0 Å². The quantitative estimate of drug-likeness (QED) is 0.903. The molecule has 0 radical (unpaired) electrons. The van der Waals surface area contributed by atoms with E-state index in [0.29, 0.717) is 23.7 Å². The van der Waals surface area contributed by atoms with Crippen molar-refractivity contribution in [1.82, 2.24) is 4.31 Å².